The van der Waals surface area contributed by atoms with E-state index < -0.39 is 11.7 Å². The zero-order valence-corrected chi connectivity index (χ0v) is 10.9. The Labute approximate surface area is 115 Å². The number of carbonyl (C=O) groups is 1. The van der Waals surface area contributed by atoms with E-state index >= 15 is 0 Å². The van der Waals surface area contributed by atoms with E-state index in [0.29, 0.717) is 5.56 Å². The molecule has 0 unspecified atom stereocenters. The monoisotopic (exact) mass is 276 g/mol. The molecule has 1 amide bonds. The van der Waals surface area contributed by atoms with Gasteiger partial charge in [0.2, 0.25) is 0 Å². The Morgan fingerprint density at radius 2 is 1.85 bits per heavy atom. The van der Waals surface area contributed by atoms with Crippen LogP contribution >= 0.6 is 0 Å². The van der Waals surface area contributed by atoms with Crippen molar-refractivity contribution >= 4 is 11.6 Å². The molecule has 0 aliphatic carbocycles. The van der Waals surface area contributed by atoms with Gasteiger partial charge in [-0.05, 0) is 36.8 Å². The number of halogens is 2. The van der Waals surface area contributed by atoms with E-state index in [1.807, 2.05) is 0 Å². The zero-order valence-electron chi connectivity index (χ0n) is 10.9. The van der Waals surface area contributed by atoms with Gasteiger partial charge in [0.25, 0.3) is 5.91 Å². The highest BCUT2D eigenvalue weighted by Gasteiger charge is 2.10. The molecule has 104 valence electrons. The number of amides is 1. The van der Waals surface area contributed by atoms with Crippen molar-refractivity contribution in [2.75, 3.05) is 5.73 Å². The van der Waals surface area contributed by atoms with Crippen LogP contribution in [0.5, 0.6) is 0 Å². The van der Waals surface area contributed by atoms with Crippen LogP contribution in [0.25, 0.3) is 0 Å². The highest BCUT2D eigenvalue weighted by atomic mass is 19.1. The van der Waals surface area contributed by atoms with Gasteiger partial charge in [0.1, 0.15) is 11.6 Å². The maximum atomic E-state index is 13.5. The SMILES string of the molecule is Cc1c(N)cc(C(=O)NCc2ccc(F)cc2)cc1F. The molecule has 0 spiro atoms. The number of anilines is 1. The topological polar surface area (TPSA) is 55.1 Å². The molecular formula is C15H14F2N2O. The zero-order chi connectivity index (χ0) is 14.7. The van der Waals surface area contributed by atoms with Crippen LogP contribution in [0, 0.1) is 18.6 Å². The summed E-state index contributed by atoms with van der Waals surface area (Å²) in [6.45, 7) is 1.78. The van der Waals surface area contributed by atoms with E-state index in [-0.39, 0.29) is 23.6 Å². The summed E-state index contributed by atoms with van der Waals surface area (Å²) in [5, 5.41) is 2.62. The first-order chi connectivity index (χ1) is 9.47. The Bertz CT molecular complexity index is 616. The average Bonchev–Trinajstić information content (AvgIpc) is 2.43. The lowest BCUT2D eigenvalue weighted by Gasteiger charge is -2.08. The fourth-order valence-corrected chi connectivity index (χ4v) is 1.72. The van der Waals surface area contributed by atoms with Crippen LogP contribution in [0.1, 0.15) is 21.5 Å². The summed E-state index contributed by atoms with van der Waals surface area (Å²) in [5.41, 5.74) is 7.08. The first-order valence-electron chi connectivity index (χ1n) is 6.05. The molecular weight excluding hydrogens is 262 g/mol. The number of hydrogen-bond acceptors (Lipinski definition) is 2. The summed E-state index contributed by atoms with van der Waals surface area (Å²) >= 11 is 0. The molecule has 3 nitrogen and oxygen atoms in total. The van der Waals surface area contributed by atoms with Gasteiger partial charge in [0, 0.05) is 23.4 Å². The van der Waals surface area contributed by atoms with Crippen molar-refractivity contribution in [2.45, 2.75) is 13.5 Å². The summed E-state index contributed by atoms with van der Waals surface area (Å²) in [6.07, 6.45) is 0. The number of nitrogen functional groups attached to an aromatic ring is 1. The van der Waals surface area contributed by atoms with Crippen molar-refractivity contribution in [1.82, 2.24) is 5.32 Å². The minimum atomic E-state index is -0.517. The van der Waals surface area contributed by atoms with Gasteiger partial charge in [0.15, 0.2) is 0 Å². The van der Waals surface area contributed by atoms with Crippen LogP contribution in [-0.4, -0.2) is 5.91 Å². The van der Waals surface area contributed by atoms with Crippen molar-refractivity contribution < 1.29 is 13.6 Å². The third kappa shape index (κ3) is 3.12. The van der Waals surface area contributed by atoms with E-state index in [0.717, 1.165) is 11.6 Å². The lowest BCUT2D eigenvalue weighted by atomic mass is 10.1. The first kappa shape index (κ1) is 14.0. The van der Waals surface area contributed by atoms with Gasteiger partial charge >= 0.3 is 0 Å². The number of rotatable bonds is 3. The minimum Gasteiger partial charge on any atom is -0.398 e. The summed E-state index contributed by atoms with van der Waals surface area (Å²) in [5.74, 6) is -1.29. The molecule has 0 heterocycles. The molecule has 0 saturated heterocycles. The molecule has 0 aliphatic rings. The van der Waals surface area contributed by atoms with E-state index in [1.54, 1.807) is 19.1 Å². The number of hydrogen-bond donors (Lipinski definition) is 2. The maximum absolute atomic E-state index is 13.5. The van der Waals surface area contributed by atoms with Crippen molar-refractivity contribution in [3.8, 4) is 0 Å². The predicted octanol–water partition coefficient (Wildman–Crippen LogP) is 2.79. The molecule has 20 heavy (non-hydrogen) atoms. The van der Waals surface area contributed by atoms with Gasteiger partial charge in [-0.1, -0.05) is 12.1 Å². The molecule has 0 saturated carbocycles. The van der Waals surface area contributed by atoms with Gasteiger partial charge in [-0.25, -0.2) is 8.78 Å². The normalized spacial score (nSPS) is 10.3. The summed E-state index contributed by atoms with van der Waals surface area (Å²) < 4.78 is 26.2. The fourth-order valence-electron chi connectivity index (χ4n) is 1.72. The molecule has 3 N–H and O–H groups in total. The number of benzene rings is 2. The largest absolute Gasteiger partial charge is 0.398 e. The molecule has 0 fully saturated rings. The molecule has 0 radical (unpaired) electrons. The second-order valence-corrected chi connectivity index (χ2v) is 4.48. The van der Waals surface area contributed by atoms with E-state index in [1.165, 1.54) is 18.2 Å². The Hall–Kier alpha value is -2.43. The summed E-state index contributed by atoms with van der Waals surface area (Å²) in [4.78, 5) is 11.9. The smallest absolute Gasteiger partial charge is 0.251 e. The first-order valence-corrected chi connectivity index (χ1v) is 6.05. The maximum Gasteiger partial charge on any atom is 0.251 e. The average molecular weight is 276 g/mol. The molecule has 2 aromatic rings. The van der Waals surface area contributed by atoms with Crippen LogP contribution in [-0.2, 0) is 6.54 Å². The molecule has 5 heteroatoms. The van der Waals surface area contributed by atoms with E-state index in [9.17, 15) is 13.6 Å². The number of carbonyl (C=O) groups excluding carboxylic acids is 1. The Kier molecular flexibility index (Phi) is 3.98. The van der Waals surface area contributed by atoms with Crippen LogP contribution in [0.2, 0.25) is 0 Å². The highest BCUT2D eigenvalue weighted by molar-refractivity contribution is 5.95. The number of nitrogens with one attached hydrogen (secondary N) is 1. The van der Waals surface area contributed by atoms with E-state index in [4.69, 9.17) is 5.73 Å². The lowest BCUT2D eigenvalue weighted by molar-refractivity contribution is 0.0950. The van der Waals surface area contributed by atoms with Gasteiger partial charge in [0.05, 0.1) is 0 Å². The lowest BCUT2D eigenvalue weighted by Crippen LogP contribution is -2.23. The Balaban J connectivity index is 2.07. The standard InChI is InChI=1S/C15H14F2N2O/c1-9-13(17)6-11(7-14(9)18)15(20)19-8-10-2-4-12(16)5-3-10/h2-7H,8,18H2,1H3,(H,19,20). The summed E-state index contributed by atoms with van der Waals surface area (Å²) in [6, 6.07) is 8.33. The Morgan fingerprint density at radius 3 is 2.45 bits per heavy atom. The van der Waals surface area contributed by atoms with Gasteiger partial charge in [-0.2, -0.15) is 0 Å². The second kappa shape index (κ2) is 5.69. The van der Waals surface area contributed by atoms with Crippen molar-refractivity contribution in [3.63, 3.8) is 0 Å². The summed E-state index contributed by atoms with van der Waals surface area (Å²) in [7, 11) is 0. The molecule has 2 aromatic carbocycles. The molecule has 2 rings (SSSR count). The van der Waals surface area contributed by atoms with Crippen LogP contribution in [0.4, 0.5) is 14.5 Å². The molecule has 0 atom stereocenters. The number of nitrogens with two attached hydrogens (primary N) is 1. The molecule has 0 aliphatic heterocycles. The quantitative estimate of drug-likeness (QED) is 0.847. The van der Waals surface area contributed by atoms with Crippen LogP contribution in [0.15, 0.2) is 36.4 Å². The van der Waals surface area contributed by atoms with Crippen molar-refractivity contribution in [1.29, 1.82) is 0 Å². The third-order valence-electron chi connectivity index (χ3n) is 3.01. The molecule has 0 bridgehead atoms. The van der Waals surface area contributed by atoms with E-state index in [2.05, 4.69) is 5.32 Å². The molecule has 0 aromatic heterocycles. The van der Waals surface area contributed by atoms with Crippen molar-refractivity contribution in [2.24, 2.45) is 0 Å². The fraction of sp³-hybridized carbons (Fsp3) is 0.133. The highest BCUT2D eigenvalue weighted by Crippen LogP contribution is 2.17. The van der Waals surface area contributed by atoms with Gasteiger partial charge in [-0.15, -0.1) is 0 Å². The van der Waals surface area contributed by atoms with Gasteiger partial charge < -0.3 is 11.1 Å². The second-order valence-electron chi connectivity index (χ2n) is 4.48. The van der Waals surface area contributed by atoms with Crippen molar-refractivity contribution in [3.05, 3.63) is 64.7 Å². The van der Waals surface area contributed by atoms with Crippen LogP contribution in [0.3, 0.4) is 0 Å². The van der Waals surface area contributed by atoms with Gasteiger partial charge in [-0.3, -0.25) is 4.79 Å². The minimum absolute atomic E-state index is 0.160. The predicted molar refractivity (Wildman–Crippen MR) is 73.1 cm³/mol. The Morgan fingerprint density at radius 1 is 1.20 bits per heavy atom. The third-order valence-corrected chi connectivity index (χ3v) is 3.01. The van der Waals surface area contributed by atoms with Crippen LogP contribution < -0.4 is 11.1 Å².